The van der Waals surface area contributed by atoms with Gasteiger partial charge in [0.15, 0.2) is 11.2 Å². The average Bonchev–Trinajstić information content (AvgIpc) is 3.55. The zero-order chi connectivity index (χ0) is 31.3. The highest BCUT2D eigenvalue weighted by atomic mass is 16.6. The fraction of sp³-hybridized carbons (Fsp3) is 0.500. The van der Waals surface area contributed by atoms with Crippen LogP contribution in [0.15, 0.2) is 39.4 Å². The SMILES string of the molecule is CC(C)=CCn1c(N2CCC[C@@H](NC(=O)OC(C)(C)C)C2)nc2c1c(=O)n(Cc1nc3c4c(cccc4n1)CC3)c(=O)n2C. The summed E-state index contributed by atoms with van der Waals surface area (Å²) in [5.74, 6) is 1.02. The number of aromatic nitrogens is 6. The summed E-state index contributed by atoms with van der Waals surface area (Å²) in [6.45, 7) is 11.1. The summed E-state index contributed by atoms with van der Waals surface area (Å²) in [6, 6.07) is 5.88. The van der Waals surface area contributed by atoms with Crippen molar-refractivity contribution in [3.63, 3.8) is 0 Å². The number of imidazole rings is 1. The monoisotopic (exact) mass is 600 g/mol. The maximum Gasteiger partial charge on any atom is 0.407 e. The molecular formula is C32H40N8O4. The highest BCUT2D eigenvalue weighted by molar-refractivity contribution is 5.86. The van der Waals surface area contributed by atoms with Gasteiger partial charge >= 0.3 is 11.8 Å². The first-order valence-corrected chi connectivity index (χ1v) is 15.2. The predicted molar refractivity (Wildman–Crippen MR) is 169 cm³/mol. The maximum atomic E-state index is 14.2. The van der Waals surface area contributed by atoms with Gasteiger partial charge in [-0.1, -0.05) is 23.8 Å². The number of allylic oxidation sites excluding steroid dienone is 2. The Morgan fingerprint density at radius 1 is 1.11 bits per heavy atom. The van der Waals surface area contributed by atoms with Crippen LogP contribution in [0, 0.1) is 0 Å². The van der Waals surface area contributed by atoms with Crippen LogP contribution in [0.4, 0.5) is 10.7 Å². The molecule has 4 aromatic rings. The molecule has 12 nitrogen and oxygen atoms in total. The van der Waals surface area contributed by atoms with Crippen molar-refractivity contribution in [1.82, 2.24) is 34.0 Å². The molecule has 1 aliphatic carbocycles. The number of anilines is 1. The van der Waals surface area contributed by atoms with Crippen LogP contribution in [0.3, 0.4) is 0 Å². The number of rotatable bonds is 6. The molecule has 1 amide bonds. The molecule has 0 radical (unpaired) electrons. The highest BCUT2D eigenvalue weighted by Crippen LogP contribution is 2.28. The van der Waals surface area contributed by atoms with Crippen LogP contribution in [0.2, 0.25) is 0 Å². The third-order valence-electron chi connectivity index (χ3n) is 8.18. The largest absolute Gasteiger partial charge is 0.444 e. The van der Waals surface area contributed by atoms with Gasteiger partial charge in [0.2, 0.25) is 5.95 Å². The molecule has 44 heavy (non-hydrogen) atoms. The minimum Gasteiger partial charge on any atom is -0.444 e. The molecule has 6 rings (SSSR count). The quantitative estimate of drug-likeness (QED) is 0.333. The van der Waals surface area contributed by atoms with Gasteiger partial charge in [-0.25, -0.2) is 19.6 Å². The van der Waals surface area contributed by atoms with E-state index in [-0.39, 0.29) is 12.6 Å². The number of aryl methyl sites for hydroxylation is 3. The van der Waals surface area contributed by atoms with Gasteiger partial charge in [-0.15, -0.1) is 0 Å². The highest BCUT2D eigenvalue weighted by Gasteiger charge is 2.29. The molecule has 1 N–H and O–H groups in total. The van der Waals surface area contributed by atoms with Crippen molar-refractivity contribution in [3.8, 4) is 0 Å². The lowest BCUT2D eigenvalue weighted by molar-refractivity contribution is 0.0499. The minimum absolute atomic E-state index is 0.0383. The Morgan fingerprint density at radius 3 is 2.66 bits per heavy atom. The molecule has 4 heterocycles. The van der Waals surface area contributed by atoms with E-state index in [1.54, 1.807) is 7.05 Å². The second kappa shape index (κ2) is 11.2. The number of fused-ring (bicyclic) bond motifs is 1. The smallest absolute Gasteiger partial charge is 0.407 e. The Hall–Kier alpha value is -4.48. The van der Waals surface area contributed by atoms with Crippen LogP contribution < -0.4 is 21.5 Å². The Bertz CT molecular complexity index is 1920. The molecule has 12 heteroatoms. The number of carbonyl (C=O) groups is 1. The molecule has 1 aliphatic heterocycles. The van der Waals surface area contributed by atoms with E-state index in [0.717, 1.165) is 47.9 Å². The van der Waals surface area contributed by atoms with Gasteiger partial charge in [-0.2, -0.15) is 4.98 Å². The van der Waals surface area contributed by atoms with Gasteiger partial charge in [0.05, 0.1) is 17.8 Å². The lowest BCUT2D eigenvalue weighted by Crippen LogP contribution is -2.49. The van der Waals surface area contributed by atoms with Crippen molar-refractivity contribution in [2.24, 2.45) is 7.05 Å². The minimum atomic E-state index is -0.597. The standard InChI is InChI=1S/C32H40N8O4/c1-19(2)14-16-39-26-27(36-29(39)38-15-8-10-21(17-38)33-30(42)44-32(3,4)5)37(6)31(43)40(28(26)41)18-24-34-22-11-7-9-20-12-13-23(35-24)25(20)22/h7,9,11,14,21H,8,10,12-13,15-18H2,1-6H3,(H,33,42)/t21-/m1/s1. The number of hydrogen-bond acceptors (Lipinski definition) is 8. The van der Waals surface area contributed by atoms with E-state index in [1.165, 1.54) is 14.7 Å². The van der Waals surface area contributed by atoms with Crippen molar-refractivity contribution < 1.29 is 9.53 Å². The number of nitrogens with one attached hydrogen (secondary N) is 1. The normalized spacial score (nSPS) is 16.5. The lowest BCUT2D eigenvalue weighted by atomic mass is 10.1. The first-order chi connectivity index (χ1) is 20.9. The van der Waals surface area contributed by atoms with Gasteiger partial charge in [0.1, 0.15) is 11.4 Å². The lowest BCUT2D eigenvalue weighted by Gasteiger charge is -2.34. The molecule has 1 saturated heterocycles. The number of hydrogen-bond donors (Lipinski definition) is 1. The van der Waals surface area contributed by atoms with E-state index in [0.29, 0.717) is 42.6 Å². The number of carbonyl (C=O) groups excluding carboxylic acids is 1. The molecule has 1 aromatic carbocycles. The molecule has 3 aromatic heterocycles. The first-order valence-electron chi connectivity index (χ1n) is 15.2. The molecule has 1 fully saturated rings. The van der Waals surface area contributed by atoms with Crippen molar-refractivity contribution >= 4 is 34.1 Å². The molecule has 232 valence electrons. The van der Waals surface area contributed by atoms with Gasteiger partial charge in [-0.05, 0) is 71.9 Å². The topological polar surface area (TPSA) is 129 Å². The zero-order valence-corrected chi connectivity index (χ0v) is 26.3. The van der Waals surface area contributed by atoms with Crippen molar-refractivity contribution in [2.75, 3.05) is 18.0 Å². The Balaban J connectivity index is 1.40. The fourth-order valence-electron chi connectivity index (χ4n) is 6.18. The van der Waals surface area contributed by atoms with E-state index < -0.39 is 22.9 Å². The van der Waals surface area contributed by atoms with Crippen molar-refractivity contribution in [2.45, 2.75) is 85.0 Å². The number of nitrogens with zero attached hydrogens (tertiary/aromatic N) is 7. The van der Waals surface area contributed by atoms with E-state index in [1.807, 2.05) is 57.4 Å². The summed E-state index contributed by atoms with van der Waals surface area (Å²) >= 11 is 0. The number of ether oxygens (including phenoxy) is 1. The fourth-order valence-corrected chi connectivity index (χ4v) is 6.18. The second-order valence-electron chi connectivity index (χ2n) is 13.0. The summed E-state index contributed by atoms with van der Waals surface area (Å²) in [5.41, 5.74) is 3.27. The molecule has 0 bridgehead atoms. The molecule has 0 unspecified atom stereocenters. The maximum absolute atomic E-state index is 14.2. The third-order valence-corrected chi connectivity index (χ3v) is 8.18. The van der Waals surface area contributed by atoms with Crippen LogP contribution in [0.1, 0.15) is 64.5 Å². The van der Waals surface area contributed by atoms with Crippen LogP contribution >= 0.6 is 0 Å². The molecule has 0 spiro atoms. The summed E-state index contributed by atoms with van der Waals surface area (Å²) in [5, 5.41) is 4.07. The van der Waals surface area contributed by atoms with E-state index in [9.17, 15) is 14.4 Å². The van der Waals surface area contributed by atoms with Gasteiger partial charge < -0.3 is 19.5 Å². The number of piperidine rings is 1. The molecule has 2 aliphatic rings. The Morgan fingerprint density at radius 2 is 1.91 bits per heavy atom. The van der Waals surface area contributed by atoms with Crippen LogP contribution in [0.25, 0.3) is 22.1 Å². The van der Waals surface area contributed by atoms with Gasteiger partial charge in [0, 0.05) is 38.1 Å². The average molecular weight is 601 g/mol. The van der Waals surface area contributed by atoms with Crippen LogP contribution in [0.5, 0.6) is 0 Å². The molecule has 0 saturated carbocycles. The predicted octanol–water partition coefficient (Wildman–Crippen LogP) is 3.45. The van der Waals surface area contributed by atoms with Crippen molar-refractivity contribution in [3.05, 3.63) is 67.8 Å². The summed E-state index contributed by atoms with van der Waals surface area (Å²) in [4.78, 5) is 56.7. The van der Waals surface area contributed by atoms with Crippen LogP contribution in [-0.4, -0.2) is 59.5 Å². The summed E-state index contributed by atoms with van der Waals surface area (Å²) < 4.78 is 9.99. The second-order valence-corrected chi connectivity index (χ2v) is 13.0. The van der Waals surface area contributed by atoms with Gasteiger partial charge in [0.25, 0.3) is 5.56 Å². The van der Waals surface area contributed by atoms with E-state index in [2.05, 4.69) is 16.3 Å². The Labute approximate surface area is 255 Å². The number of alkyl carbamates (subject to hydrolysis) is 1. The number of benzene rings is 1. The molecule has 1 atom stereocenters. The molecular weight excluding hydrogens is 560 g/mol. The van der Waals surface area contributed by atoms with Gasteiger partial charge in [-0.3, -0.25) is 13.9 Å². The van der Waals surface area contributed by atoms with E-state index in [4.69, 9.17) is 19.7 Å². The summed E-state index contributed by atoms with van der Waals surface area (Å²) in [7, 11) is 1.64. The van der Waals surface area contributed by atoms with E-state index >= 15 is 0 Å². The summed E-state index contributed by atoms with van der Waals surface area (Å²) in [6.07, 6.45) is 4.92. The zero-order valence-electron chi connectivity index (χ0n) is 26.3. The first kappa shape index (κ1) is 29.6. The van der Waals surface area contributed by atoms with Crippen LogP contribution in [-0.2, 0) is 37.7 Å². The Kier molecular flexibility index (Phi) is 7.54. The third kappa shape index (κ3) is 5.60. The van der Waals surface area contributed by atoms with Crippen molar-refractivity contribution in [1.29, 1.82) is 0 Å². The number of amides is 1.